The Bertz CT molecular complexity index is 379. The molecule has 0 saturated heterocycles. The second kappa shape index (κ2) is 4.04. The second-order valence-corrected chi connectivity index (χ2v) is 5.34. The summed E-state index contributed by atoms with van der Waals surface area (Å²) < 4.78 is 0. The molecule has 1 nitrogen and oxygen atoms in total. The zero-order valence-electron chi connectivity index (χ0n) is 9.61. The van der Waals surface area contributed by atoms with E-state index in [0.717, 1.165) is 25.2 Å². The smallest absolute Gasteiger partial charge is 0.136 e. The third-order valence-electron chi connectivity index (χ3n) is 4.22. The van der Waals surface area contributed by atoms with Crippen molar-refractivity contribution in [2.45, 2.75) is 38.5 Å². The van der Waals surface area contributed by atoms with E-state index in [1.807, 2.05) is 0 Å². The highest BCUT2D eigenvalue weighted by Crippen LogP contribution is 2.33. The maximum atomic E-state index is 12.1. The molecule has 0 unspecified atom stereocenters. The summed E-state index contributed by atoms with van der Waals surface area (Å²) in [4.78, 5) is 12.1. The molecule has 16 heavy (non-hydrogen) atoms. The molecular weight excluding hydrogens is 196 g/mol. The van der Waals surface area contributed by atoms with Gasteiger partial charge in [0.2, 0.25) is 0 Å². The molecule has 1 aromatic carbocycles. The predicted octanol–water partition coefficient (Wildman–Crippen LogP) is 3.16. The minimum absolute atomic E-state index is 0.290. The summed E-state index contributed by atoms with van der Waals surface area (Å²) in [5.41, 5.74) is 2.80. The van der Waals surface area contributed by atoms with Gasteiger partial charge in [0.15, 0.2) is 0 Å². The van der Waals surface area contributed by atoms with E-state index in [1.54, 1.807) is 0 Å². The molecule has 1 aromatic rings. The average molecular weight is 214 g/mol. The van der Waals surface area contributed by atoms with E-state index in [0.29, 0.717) is 5.78 Å². The van der Waals surface area contributed by atoms with Crippen molar-refractivity contribution in [3.63, 3.8) is 0 Å². The molecule has 2 aliphatic rings. The topological polar surface area (TPSA) is 17.1 Å². The fourth-order valence-corrected chi connectivity index (χ4v) is 2.93. The van der Waals surface area contributed by atoms with Crippen LogP contribution in [-0.2, 0) is 17.6 Å². The Balaban J connectivity index is 1.64. The molecule has 3 rings (SSSR count). The van der Waals surface area contributed by atoms with E-state index in [4.69, 9.17) is 0 Å². The van der Waals surface area contributed by atoms with Gasteiger partial charge in [-0.15, -0.1) is 0 Å². The lowest BCUT2D eigenvalue weighted by Gasteiger charge is -2.25. The van der Waals surface area contributed by atoms with Crippen LogP contribution in [0, 0.1) is 11.8 Å². The van der Waals surface area contributed by atoms with Crippen molar-refractivity contribution in [3.8, 4) is 0 Å². The van der Waals surface area contributed by atoms with Gasteiger partial charge in [-0.05, 0) is 29.9 Å². The zero-order valence-corrected chi connectivity index (χ0v) is 9.61. The van der Waals surface area contributed by atoms with E-state index in [9.17, 15) is 4.79 Å². The highest BCUT2D eigenvalue weighted by Gasteiger charge is 2.29. The summed E-state index contributed by atoms with van der Waals surface area (Å²) in [7, 11) is 0. The normalized spacial score (nSPS) is 20.5. The van der Waals surface area contributed by atoms with Gasteiger partial charge in [0.1, 0.15) is 5.78 Å². The summed E-state index contributed by atoms with van der Waals surface area (Å²) >= 11 is 0. The van der Waals surface area contributed by atoms with Crippen LogP contribution < -0.4 is 0 Å². The number of fused-ring (bicyclic) bond motifs is 1. The zero-order chi connectivity index (χ0) is 11.0. The van der Waals surface area contributed by atoms with Crippen molar-refractivity contribution in [1.29, 1.82) is 0 Å². The largest absolute Gasteiger partial charge is 0.299 e. The minimum atomic E-state index is 0.290. The summed E-state index contributed by atoms with van der Waals surface area (Å²) in [6.45, 7) is 0. The van der Waals surface area contributed by atoms with Gasteiger partial charge in [-0.25, -0.2) is 0 Å². The lowest BCUT2D eigenvalue weighted by molar-refractivity contribution is -0.124. The molecule has 0 N–H and O–H groups in total. The predicted molar refractivity (Wildman–Crippen MR) is 64.3 cm³/mol. The van der Waals surface area contributed by atoms with Crippen molar-refractivity contribution in [2.75, 3.05) is 0 Å². The number of Topliss-reactive ketones (excluding diaryl/α,β-unsaturated/α-hetero) is 1. The van der Waals surface area contributed by atoms with Gasteiger partial charge in [-0.2, -0.15) is 0 Å². The van der Waals surface area contributed by atoms with Crippen LogP contribution >= 0.6 is 0 Å². The molecule has 1 fully saturated rings. The summed E-state index contributed by atoms with van der Waals surface area (Å²) in [6.07, 6.45) is 6.72. The molecule has 1 saturated carbocycles. The summed E-state index contributed by atoms with van der Waals surface area (Å²) in [5, 5.41) is 0. The van der Waals surface area contributed by atoms with Gasteiger partial charge in [0, 0.05) is 12.3 Å². The Labute approximate surface area is 96.9 Å². The maximum Gasteiger partial charge on any atom is 0.136 e. The van der Waals surface area contributed by atoms with Crippen LogP contribution in [0.15, 0.2) is 24.3 Å². The lowest BCUT2D eigenvalue weighted by Crippen LogP contribution is -2.22. The quantitative estimate of drug-likeness (QED) is 0.755. The van der Waals surface area contributed by atoms with Gasteiger partial charge in [-0.3, -0.25) is 4.79 Å². The van der Waals surface area contributed by atoms with Gasteiger partial charge in [-0.1, -0.05) is 43.5 Å². The van der Waals surface area contributed by atoms with Crippen LogP contribution in [0.2, 0.25) is 0 Å². The Morgan fingerprint density at radius 1 is 1.12 bits per heavy atom. The standard InChI is InChI=1S/C15H18O/c16-15(8-11-4-3-5-11)14-9-12-6-1-2-7-13(12)10-14/h1-2,6-7,11,14H,3-5,8-10H2. The van der Waals surface area contributed by atoms with Crippen molar-refractivity contribution in [3.05, 3.63) is 35.4 Å². The minimum Gasteiger partial charge on any atom is -0.299 e. The molecule has 84 valence electrons. The molecule has 0 bridgehead atoms. The van der Waals surface area contributed by atoms with E-state index in [1.165, 1.54) is 30.4 Å². The van der Waals surface area contributed by atoms with Gasteiger partial charge >= 0.3 is 0 Å². The Kier molecular flexibility index (Phi) is 2.55. The summed E-state index contributed by atoms with van der Waals surface area (Å²) in [6, 6.07) is 8.51. The van der Waals surface area contributed by atoms with Crippen LogP contribution in [-0.4, -0.2) is 5.78 Å². The van der Waals surface area contributed by atoms with Gasteiger partial charge in [0.05, 0.1) is 0 Å². The highest BCUT2D eigenvalue weighted by molar-refractivity contribution is 5.82. The number of carbonyl (C=O) groups is 1. The van der Waals surface area contributed by atoms with Crippen LogP contribution in [0.1, 0.15) is 36.8 Å². The number of ketones is 1. The Morgan fingerprint density at radius 2 is 1.75 bits per heavy atom. The fraction of sp³-hybridized carbons (Fsp3) is 0.533. The highest BCUT2D eigenvalue weighted by atomic mass is 16.1. The third kappa shape index (κ3) is 1.79. The van der Waals surface area contributed by atoms with Crippen LogP contribution in [0.5, 0.6) is 0 Å². The van der Waals surface area contributed by atoms with Crippen LogP contribution in [0.4, 0.5) is 0 Å². The van der Waals surface area contributed by atoms with Crippen molar-refractivity contribution >= 4 is 5.78 Å². The van der Waals surface area contributed by atoms with E-state index in [-0.39, 0.29) is 5.92 Å². The molecule has 0 aliphatic heterocycles. The third-order valence-corrected chi connectivity index (χ3v) is 4.22. The Hall–Kier alpha value is -1.11. The summed E-state index contributed by atoms with van der Waals surface area (Å²) in [5.74, 6) is 1.52. The SMILES string of the molecule is O=C(CC1CCC1)C1Cc2ccccc2C1. The molecule has 1 heteroatoms. The first-order valence-corrected chi connectivity index (χ1v) is 6.42. The van der Waals surface area contributed by atoms with E-state index < -0.39 is 0 Å². The number of hydrogen-bond donors (Lipinski definition) is 0. The first kappa shape index (κ1) is 10.1. The molecule has 0 aromatic heterocycles. The molecule has 0 spiro atoms. The van der Waals surface area contributed by atoms with Crippen molar-refractivity contribution in [1.82, 2.24) is 0 Å². The van der Waals surface area contributed by atoms with Crippen LogP contribution in [0.3, 0.4) is 0 Å². The average Bonchev–Trinajstić information content (AvgIpc) is 2.66. The van der Waals surface area contributed by atoms with Gasteiger partial charge in [0.25, 0.3) is 0 Å². The molecular formula is C15H18O. The molecule has 0 heterocycles. The molecule has 0 radical (unpaired) electrons. The van der Waals surface area contributed by atoms with Crippen LogP contribution in [0.25, 0.3) is 0 Å². The van der Waals surface area contributed by atoms with E-state index in [2.05, 4.69) is 24.3 Å². The molecule has 0 atom stereocenters. The maximum absolute atomic E-state index is 12.1. The fourth-order valence-electron chi connectivity index (χ4n) is 2.93. The second-order valence-electron chi connectivity index (χ2n) is 5.34. The lowest BCUT2D eigenvalue weighted by atomic mass is 9.79. The van der Waals surface area contributed by atoms with Gasteiger partial charge < -0.3 is 0 Å². The number of benzene rings is 1. The van der Waals surface area contributed by atoms with Crippen molar-refractivity contribution < 1.29 is 4.79 Å². The number of carbonyl (C=O) groups excluding carboxylic acids is 1. The Morgan fingerprint density at radius 3 is 2.25 bits per heavy atom. The monoisotopic (exact) mass is 214 g/mol. The number of rotatable bonds is 3. The first-order valence-electron chi connectivity index (χ1n) is 6.42. The molecule has 2 aliphatic carbocycles. The number of hydrogen-bond acceptors (Lipinski definition) is 1. The van der Waals surface area contributed by atoms with Crippen molar-refractivity contribution in [2.24, 2.45) is 11.8 Å². The van der Waals surface area contributed by atoms with E-state index >= 15 is 0 Å². The molecule has 0 amide bonds. The first-order chi connectivity index (χ1) is 7.83.